The predicted molar refractivity (Wildman–Crippen MR) is 89.5 cm³/mol. The van der Waals surface area contributed by atoms with E-state index in [9.17, 15) is 10.2 Å². The topological polar surface area (TPSA) is 98.5 Å². The number of hydrogen-bond donors (Lipinski definition) is 2. The normalized spacial score (nSPS) is 21.2. The molecule has 1 aliphatic heterocycles. The highest BCUT2D eigenvalue weighted by Gasteiger charge is 2.31. The molecule has 0 aliphatic carbocycles. The quantitative estimate of drug-likeness (QED) is 0.829. The summed E-state index contributed by atoms with van der Waals surface area (Å²) in [6.45, 7) is 5.51. The summed E-state index contributed by atoms with van der Waals surface area (Å²) in [5, 5.41) is 18.5. The second kappa shape index (κ2) is 7.06. The van der Waals surface area contributed by atoms with Crippen LogP contribution in [0.2, 0.25) is 0 Å². The van der Waals surface area contributed by atoms with Gasteiger partial charge in [0.2, 0.25) is 0 Å². The van der Waals surface area contributed by atoms with Crippen LogP contribution in [-0.4, -0.2) is 55.3 Å². The lowest BCUT2D eigenvalue weighted by Crippen LogP contribution is -2.57. The summed E-state index contributed by atoms with van der Waals surface area (Å²) < 4.78 is 0. The molecular formula is C16H22N6O2. The summed E-state index contributed by atoms with van der Waals surface area (Å²) in [6, 6.07) is 4.16. The van der Waals surface area contributed by atoms with Gasteiger partial charge in [0, 0.05) is 37.6 Å². The van der Waals surface area contributed by atoms with Crippen molar-refractivity contribution in [1.29, 1.82) is 0 Å². The molecule has 2 aromatic heterocycles. The molecule has 128 valence electrons. The van der Waals surface area contributed by atoms with Crippen LogP contribution in [0.25, 0.3) is 0 Å². The number of anilines is 2. The number of nitrogens with zero attached hydrogens (tertiary/aromatic N) is 6. The van der Waals surface area contributed by atoms with Crippen molar-refractivity contribution in [2.24, 2.45) is 0 Å². The van der Waals surface area contributed by atoms with Crippen LogP contribution in [0.1, 0.15) is 25.5 Å². The predicted octanol–water partition coefficient (Wildman–Crippen LogP) is 0.355. The van der Waals surface area contributed by atoms with Gasteiger partial charge in [-0.15, -0.1) is 0 Å². The number of aromatic nitrogens is 4. The van der Waals surface area contributed by atoms with Gasteiger partial charge in [0.1, 0.15) is 24.8 Å². The maximum atomic E-state index is 9.25. The van der Waals surface area contributed by atoms with Gasteiger partial charge in [-0.25, -0.2) is 19.9 Å². The van der Waals surface area contributed by atoms with Crippen LogP contribution in [0.15, 0.2) is 24.5 Å². The van der Waals surface area contributed by atoms with Crippen molar-refractivity contribution in [3.05, 3.63) is 36.2 Å². The molecule has 0 aromatic carbocycles. The Labute approximate surface area is 140 Å². The number of rotatable bonds is 4. The van der Waals surface area contributed by atoms with Gasteiger partial charge in [-0.3, -0.25) is 0 Å². The first-order chi connectivity index (χ1) is 11.6. The van der Waals surface area contributed by atoms with Gasteiger partial charge in [-0.1, -0.05) is 0 Å². The molecule has 0 saturated carbocycles. The van der Waals surface area contributed by atoms with Crippen molar-refractivity contribution in [3.63, 3.8) is 0 Å². The molecule has 3 rings (SSSR count). The molecule has 2 aromatic rings. The molecule has 0 radical (unpaired) electrons. The fourth-order valence-corrected chi connectivity index (χ4v) is 3.21. The van der Waals surface area contributed by atoms with Crippen LogP contribution < -0.4 is 9.80 Å². The number of piperazine rings is 1. The molecule has 1 aliphatic rings. The van der Waals surface area contributed by atoms with E-state index in [4.69, 9.17) is 0 Å². The lowest BCUT2D eigenvalue weighted by molar-refractivity contribution is 0.270. The lowest BCUT2D eigenvalue weighted by atomic mass is 10.1. The van der Waals surface area contributed by atoms with E-state index in [-0.39, 0.29) is 25.3 Å². The average Bonchev–Trinajstić information content (AvgIpc) is 2.61. The third kappa shape index (κ3) is 3.29. The van der Waals surface area contributed by atoms with Gasteiger partial charge < -0.3 is 20.0 Å². The van der Waals surface area contributed by atoms with Crippen LogP contribution in [0.3, 0.4) is 0 Å². The van der Waals surface area contributed by atoms with Gasteiger partial charge in [-0.2, -0.15) is 0 Å². The van der Waals surface area contributed by atoms with Crippen molar-refractivity contribution in [1.82, 2.24) is 19.9 Å². The molecule has 0 bridgehead atoms. The summed E-state index contributed by atoms with van der Waals surface area (Å²) in [7, 11) is 0. The Bertz CT molecular complexity index is 686. The molecule has 0 spiro atoms. The molecule has 1 saturated heterocycles. The minimum atomic E-state index is -0.165. The van der Waals surface area contributed by atoms with Gasteiger partial charge >= 0.3 is 0 Å². The summed E-state index contributed by atoms with van der Waals surface area (Å²) in [5.41, 5.74) is 0. The Morgan fingerprint density at radius 3 is 1.96 bits per heavy atom. The molecule has 2 unspecified atom stereocenters. The van der Waals surface area contributed by atoms with Crippen LogP contribution in [-0.2, 0) is 13.2 Å². The highest BCUT2D eigenvalue weighted by atomic mass is 16.3. The summed E-state index contributed by atoms with van der Waals surface area (Å²) in [4.78, 5) is 21.3. The molecule has 2 atom stereocenters. The Kier molecular flexibility index (Phi) is 4.86. The number of aliphatic hydroxyl groups is 2. The van der Waals surface area contributed by atoms with E-state index in [2.05, 4.69) is 43.6 Å². The fourth-order valence-electron chi connectivity index (χ4n) is 3.21. The SMILES string of the molecule is CC1CN(c2ccnc(CO)n2)CC(C)N1c1ccnc(CO)n1. The molecule has 8 nitrogen and oxygen atoms in total. The maximum absolute atomic E-state index is 9.25. The smallest absolute Gasteiger partial charge is 0.156 e. The van der Waals surface area contributed by atoms with Crippen molar-refractivity contribution in [2.45, 2.75) is 39.1 Å². The van der Waals surface area contributed by atoms with Gasteiger partial charge in [0.15, 0.2) is 11.6 Å². The lowest BCUT2D eigenvalue weighted by Gasteiger charge is -2.45. The highest BCUT2D eigenvalue weighted by molar-refractivity contribution is 5.47. The van der Waals surface area contributed by atoms with Crippen LogP contribution in [0.5, 0.6) is 0 Å². The third-order valence-corrected chi connectivity index (χ3v) is 4.17. The summed E-state index contributed by atoms with van der Waals surface area (Å²) in [5.74, 6) is 2.51. The average molecular weight is 330 g/mol. The second-order valence-electron chi connectivity index (χ2n) is 5.99. The van der Waals surface area contributed by atoms with Crippen LogP contribution in [0.4, 0.5) is 11.6 Å². The summed E-state index contributed by atoms with van der Waals surface area (Å²) >= 11 is 0. The molecule has 1 fully saturated rings. The number of hydrogen-bond acceptors (Lipinski definition) is 8. The van der Waals surface area contributed by atoms with Crippen molar-refractivity contribution in [2.75, 3.05) is 22.9 Å². The van der Waals surface area contributed by atoms with Gasteiger partial charge in [0.05, 0.1) is 0 Å². The van der Waals surface area contributed by atoms with E-state index in [1.165, 1.54) is 0 Å². The monoisotopic (exact) mass is 330 g/mol. The molecule has 3 heterocycles. The minimum absolute atomic E-state index is 0.163. The maximum Gasteiger partial charge on any atom is 0.156 e. The Morgan fingerprint density at radius 2 is 1.42 bits per heavy atom. The molecular weight excluding hydrogens is 308 g/mol. The molecule has 0 amide bonds. The van der Waals surface area contributed by atoms with Crippen LogP contribution >= 0.6 is 0 Å². The Hall–Kier alpha value is -2.32. The Balaban J connectivity index is 1.81. The molecule has 2 N–H and O–H groups in total. The van der Waals surface area contributed by atoms with Crippen LogP contribution in [0, 0.1) is 0 Å². The minimum Gasteiger partial charge on any atom is -0.388 e. The van der Waals surface area contributed by atoms with E-state index in [0.717, 1.165) is 24.7 Å². The zero-order valence-electron chi connectivity index (χ0n) is 13.9. The zero-order chi connectivity index (χ0) is 17.1. The largest absolute Gasteiger partial charge is 0.388 e. The Morgan fingerprint density at radius 1 is 0.917 bits per heavy atom. The van der Waals surface area contributed by atoms with Crippen molar-refractivity contribution in [3.8, 4) is 0 Å². The first-order valence-electron chi connectivity index (χ1n) is 8.01. The summed E-state index contributed by atoms with van der Waals surface area (Å²) in [6.07, 6.45) is 3.35. The van der Waals surface area contributed by atoms with E-state index in [0.29, 0.717) is 11.6 Å². The van der Waals surface area contributed by atoms with Gasteiger partial charge in [0.25, 0.3) is 0 Å². The standard InChI is InChI=1S/C16H22N6O2/c1-11-7-21(15-3-5-17-13(9-23)19-15)8-12(2)22(11)16-4-6-18-14(10-24)20-16/h3-6,11-12,23-24H,7-10H2,1-2H3. The van der Waals surface area contributed by atoms with Gasteiger partial charge in [-0.05, 0) is 26.0 Å². The molecule has 8 heteroatoms. The van der Waals surface area contributed by atoms with Crippen molar-refractivity contribution < 1.29 is 10.2 Å². The number of aliphatic hydroxyl groups excluding tert-OH is 2. The van der Waals surface area contributed by atoms with E-state index >= 15 is 0 Å². The fraction of sp³-hybridized carbons (Fsp3) is 0.500. The zero-order valence-corrected chi connectivity index (χ0v) is 13.9. The first-order valence-corrected chi connectivity index (χ1v) is 8.01. The first kappa shape index (κ1) is 16.5. The van der Waals surface area contributed by atoms with Crippen molar-refractivity contribution >= 4 is 11.6 Å². The third-order valence-electron chi connectivity index (χ3n) is 4.17. The van der Waals surface area contributed by atoms with E-state index < -0.39 is 0 Å². The van der Waals surface area contributed by atoms with E-state index in [1.807, 2.05) is 12.1 Å². The molecule has 24 heavy (non-hydrogen) atoms. The van der Waals surface area contributed by atoms with E-state index in [1.54, 1.807) is 12.4 Å². The second-order valence-corrected chi connectivity index (χ2v) is 5.99. The highest BCUT2D eigenvalue weighted by Crippen LogP contribution is 2.25.